The van der Waals surface area contributed by atoms with Crippen molar-refractivity contribution >= 4 is 0 Å². The van der Waals surface area contributed by atoms with E-state index < -0.39 is 29.0 Å². The minimum Gasteiger partial charge on any atom is -0.399 e. The van der Waals surface area contributed by atoms with E-state index in [1.165, 1.54) is 12.1 Å². The molecule has 2 aliphatic heterocycles. The van der Waals surface area contributed by atoms with E-state index in [-0.39, 0.29) is 28.9 Å². The smallest absolute Gasteiger partial charge is 0.399 e. The minimum absolute atomic E-state index is 0.0937. The van der Waals surface area contributed by atoms with Crippen LogP contribution in [0.2, 0.25) is 0 Å². The monoisotopic (exact) mass is 409 g/mol. The van der Waals surface area contributed by atoms with Crippen molar-refractivity contribution in [1.82, 2.24) is 4.90 Å². The highest BCUT2D eigenvalue weighted by Gasteiger charge is 2.58. The van der Waals surface area contributed by atoms with E-state index >= 15 is 0 Å². The molecule has 2 bridgehead atoms. The van der Waals surface area contributed by atoms with Crippen LogP contribution in [0, 0.1) is 45.3 Å². The third-order valence-corrected chi connectivity index (χ3v) is 6.80. The zero-order valence-corrected chi connectivity index (χ0v) is 16.1. The molecule has 1 aliphatic carbocycles. The number of halogens is 3. The van der Waals surface area contributed by atoms with Crippen LogP contribution in [-0.2, 0) is 6.18 Å². The van der Waals surface area contributed by atoms with Crippen molar-refractivity contribution in [2.75, 3.05) is 7.05 Å². The van der Waals surface area contributed by atoms with Crippen LogP contribution in [0.4, 0.5) is 13.2 Å². The molecule has 2 N–H and O–H groups in total. The van der Waals surface area contributed by atoms with Crippen LogP contribution in [0.5, 0.6) is 0 Å². The molecule has 1 saturated heterocycles. The Bertz CT molecular complexity index is 1080. The third kappa shape index (κ3) is 2.56. The molecule has 0 spiro atoms. The molecule has 0 amide bonds. The van der Waals surface area contributed by atoms with Gasteiger partial charge in [-0.3, -0.25) is 4.90 Å². The fourth-order valence-electron chi connectivity index (χ4n) is 5.37. The first-order valence-corrected chi connectivity index (χ1v) is 9.53. The van der Waals surface area contributed by atoms with Gasteiger partial charge in [0.15, 0.2) is 5.41 Å². The summed E-state index contributed by atoms with van der Waals surface area (Å²) < 4.78 is 40.2. The van der Waals surface area contributed by atoms with Crippen molar-refractivity contribution in [3.8, 4) is 18.2 Å². The fraction of sp³-hybridized carbons (Fsp3) is 0.409. The number of nitrogens with zero attached hydrogens (tertiary/aromatic N) is 4. The van der Waals surface area contributed by atoms with Gasteiger partial charge in [-0.2, -0.15) is 29.0 Å². The van der Waals surface area contributed by atoms with Crippen molar-refractivity contribution in [1.29, 1.82) is 15.8 Å². The topological polar surface area (TPSA) is 101 Å². The van der Waals surface area contributed by atoms with Crippen LogP contribution in [0.15, 0.2) is 47.2 Å². The van der Waals surface area contributed by atoms with Gasteiger partial charge < -0.3 is 5.73 Å². The largest absolute Gasteiger partial charge is 0.416 e. The number of fused-ring (bicyclic) bond motifs is 4. The highest BCUT2D eigenvalue weighted by molar-refractivity contribution is 5.60. The molecular weight excluding hydrogens is 391 g/mol. The molecule has 4 rings (SSSR count). The molecule has 1 aromatic rings. The lowest BCUT2D eigenvalue weighted by atomic mass is 9.56. The number of likely N-dealkylation sites (N-methyl/N-ethyl adjacent to an activating group) is 1. The predicted octanol–water partition coefficient (Wildman–Crippen LogP) is 3.59. The van der Waals surface area contributed by atoms with Gasteiger partial charge in [0.05, 0.1) is 29.0 Å². The number of hydrogen-bond donors (Lipinski definition) is 1. The van der Waals surface area contributed by atoms with Gasteiger partial charge in [-0.15, -0.1) is 0 Å². The van der Waals surface area contributed by atoms with Crippen LogP contribution in [0.3, 0.4) is 0 Å². The van der Waals surface area contributed by atoms with Crippen molar-refractivity contribution < 1.29 is 13.2 Å². The quantitative estimate of drug-likeness (QED) is 0.764. The van der Waals surface area contributed by atoms with Crippen molar-refractivity contribution in [2.24, 2.45) is 17.1 Å². The van der Waals surface area contributed by atoms with Crippen LogP contribution in [-0.4, -0.2) is 24.0 Å². The van der Waals surface area contributed by atoms with Gasteiger partial charge in [0, 0.05) is 23.9 Å². The lowest BCUT2D eigenvalue weighted by Crippen LogP contribution is -2.51. The lowest BCUT2D eigenvalue weighted by Gasteiger charge is -2.48. The molecule has 0 unspecified atom stereocenters. The molecule has 4 atom stereocenters. The first kappa shape index (κ1) is 20.0. The second-order valence-corrected chi connectivity index (χ2v) is 8.06. The van der Waals surface area contributed by atoms with E-state index in [1.54, 1.807) is 0 Å². The number of hydrogen-bond acceptors (Lipinski definition) is 5. The van der Waals surface area contributed by atoms with E-state index in [0.29, 0.717) is 5.57 Å². The first-order valence-electron chi connectivity index (χ1n) is 9.53. The van der Waals surface area contributed by atoms with E-state index in [4.69, 9.17) is 5.73 Å². The SMILES string of the molecule is CN1[C@@H]2CC[C@@H]1C=C1C(C#N)=C(N)C(C#N)(C#N)[C@@H](c3cccc(C(F)(F)F)c3)[C@H]12. The summed E-state index contributed by atoms with van der Waals surface area (Å²) >= 11 is 0. The summed E-state index contributed by atoms with van der Waals surface area (Å²) in [5.74, 6) is -1.41. The van der Waals surface area contributed by atoms with Crippen molar-refractivity contribution in [2.45, 2.75) is 37.0 Å². The van der Waals surface area contributed by atoms with Gasteiger partial charge in [-0.25, -0.2) is 0 Å². The van der Waals surface area contributed by atoms with Gasteiger partial charge in [0.2, 0.25) is 0 Å². The number of benzene rings is 1. The second-order valence-electron chi connectivity index (χ2n) is 8.06. The highest BCUT2D eigenvalue weighted by Crippen LogP contribution is 2.58. The summed E-state index contributed by atoms with van der Waals surface area (Å²) in [7, 11) is 1.92. The van der Waals surface area contributed by atoms with E-state index in [9.17, 15) is 29.0 Å². The fourth-order valence-corrected chi connectivity index (χ4v) is 5.37. The molecule has 8 heteroatoms. The Morgan fingerprint density at radius 3 is 2.47 bits per heavy atom. The molecule has 5 nitrogen and oxygen atoms in total. The Balaban J connectivity index is 2.03. The maximum atomic E-state index is 13.4. The first-order chi connectivity index (χ1) is 14.2. The summed E-state index contributed by atoms with van der Waals surface area (Å²) in [6.45, 7) is 0. The second kappa shape index (κ2) is 6.62. The highest BCUT2D eigenvalue weighted by atomic mass is 19.4. The average molecular weight is 409 g/mol. The van der Waals surface area contributed by atoms with E-state index in [0.717, 1.165) is 25.0 Å². The Morgan fingerprint density at radius 2 is 1.87 bits per heavy atom. The average Bonchev–Trinajstić information content (AvgIpc) is 2.95. The zero-order chi connectivity index (χ0) is 21.8. The molecule has 2 heterocycles. The third-order valence-electron chi connectivity index (χ3n) is 6.80. The molecule has 0 aromatic heterocycles. The molecule has 0 saturated carbocycles. The van der Waals surface area contributed by atoms with Gasteiger partial charge in [0.25, 0.3) is 0 Å². The summed E-state index contributed by atoms with van der Waals surface area (Å²) in [4.78, 5) is 2.12. The molecule has 0 radical (unpaired) electrons. The van der Waals surface area contributed by atoms with Gasteiger partial charge in [-0.05, 0) is 37.1 Å². The molecular formula is C22H18F3N5. The molecule has 1 aromatic carbocycles. The standard InChI is InChI=1S/C22H18F3N5/c1-30-14-5-6-17(30)18-15(8-14)16(9-26)20(29)21(10-27,11-28)19(18)12-3-2-4-13(7-12)22(23,24)25/h2-4,7-8,14,17-19H,5-6,29H2,1H3/t14-,17-,18-,19+/m1/s1. The summed E-state index contributed by atoms with van der Waals surface area (Å²) in [6.07, 6.45) is -1.04. The molecule has 30 heavy (non-hydrogen) atoms. The Hall–Kier alpha value is -3.28. The predicted molar refractivity (Wildman–Crippen MR) is 101 cm³/mol. The van der Waals surface area contributed by atoms with Crippen LogP contribution in [0.1, 0.15) is 29.9 Å². The Labute approximate surface area is 172 Å². The van der Waals surface area contributed by atoms with Gasteiger partial charge >= 0.3 is 6.18 Å². The number of nitriles is 3. The van der Waals surface area contributed by atoms with Crippen molar-refractivity contribution in [3.05, 3.63) is 58.3 Å². The normalized spacial score (nSPS) is 30.0. The molecule has 152 valence electrons. The van der Waals surface area contributed by atoms with Crippen LogP contribution >= 0.6 is 0 Å². The molecule has 1 fully saturated rings. The maximum absolute atomic E-state index is 13.4. The van der Waals surface area contributed by atoms with E-state index in [1.807, 2.05) is 25.3 Å². The summed E-state index contributed by atoms with van der Waals surface area (Å²) in [5.41, 5.74) is 4.24. The minimum atomic E-state index is -4.56. The number of nitrogens with two attached hydrogens (primary N) is 1. The number of alkyl halides is 3. The van der Waals surface area contributed by atoms with Gasteiger partial charge in [-0.1, -0.05) is 24.3 Å². The summed E-state index contributed by atoms with van der Waals surface area (Å²) in [6, 6.07) is 10.7. The zero-order valence-electron chi connectivity index (χ0n) is 16.1. The lowest BCUT2D eigenvalue weighted by molar-refractivity contribution is -0.137. The Kier molecular flexibility index (Phi) is 4.42. The maximum Gasteiger partial charge on any atom is 0.416 e. The number of rotatable bonds is 1. The van der Waals surface area contributed by atoms with Crippen LogP contribution in [0.25, 0.3) is 0 Å². The van der Waals surface area contributed by atoms with Crippen LogP contribution < -0.4 is 5.73 Å². The molecule has 3 aliphatic rings. The van der Waals surface area contributed by atoms with Crippen molar-refractivity contribution in [3.63, 3.8) is 0 Å². The number of allylic oxidation sites excluding steroid dienone is 2. The van der Waals surface area contributed by atoms with Gasteiger partial charge in [0.1, 0.15) is 6.07 Å². The van der Waals surface area contributed by atoms with E-state index in [2.05, 4.69) is 11.0 Å². The summed E-state index contributed by atoms with van der Waals surface area (Å²) in [5, 5.41) is 29.9. The Morgan fingerprint density at radius 1 is 1.17 bits per heavy atom.